The minimum atomic E-state index is -0.861. The molecule has 5 heteroatoms. The number of aryl methyl sites for hydroxylation is 1. The van der Waals surface area contributed by atoms with Gasteiger partial charge in [0.25, 0.3) is 0 Å². The van der Waals surface area contributed by atoms with Crippen LogP contribution >= 0.6 is 0 Å². The Morgan fingerprint density at radius 3 is 2.45 bits per heavy atom. The summed E-state index contributed by atoms with van der Waals surface area (Å²) >= 11 is 0. The highest BCUT2D eigenvalue weighted by Gasteiger charge is 2.24. The van der Waals surface area contributed by atoms with Crippen molar-refractivity contribution in [3.8, 4) is 0 Å². The van der Waals surface area contributed by atoms with E-state index in [1.807, 2.05) is 45.0 Å². The van der Waals surface area contributed by atoms with Crippen LogP contribution < -0.4 is 10.2 Å². The first-order valence-electron chi connectivity index (χ1n) is 6.56. The van der Waals surface area contributed by atoms with Crippen LogP contribution in [0.2, 0.25) is 0 Å². The molecule has 20 heavy (non-hydrogen) atoms. The molecular weight excluding hydrogens is 256 g/mol. The SMILES string of the molecule is Cc1ccccc1N(C)C(=O)NC(C)(C)CCC(=O)O. The number of carbonyl (C=O) groups is 2. The summed E-state index contributed by atoms with van der Waals surface area (Å²) in [5.74, 6) is -0.861. The van der Waals surface area contributed by atoms with Gasteiger partial charge in [0.15, 0.2) is 0 Å². The Hall–Kier alpha value is -2.04. The normalized spacial score (nSPS) is 11.0. The van der Waals surface area contributed by atoms with Crippen LogP contribution in [0.3, 0.4) is 0 Å². The van der Waals surface area contributed by atoms with Gasteiger partial charge in [-0.2, -0.15) is 0 Å². The van der Waals surface area contributed by atoms with E-state index in [4.69, 9.17) is 5.11 Å². The van der Waals surface area contributed by atoms with Crippen molar-refractivity contribution in [2.75, 3.05) is 11.9 Å². The van der Waals surface area contributed by atoms with E-state index in [0.29, 0.717) is 6.42 Å². The molecule has 1 aromatic carbocycles. The Bertz CT molecular complexity index is 498. The summed E-state index contributed by atoms with van der Waals surface area (Å²) in [4.78, 5) is 24.4. The number of anilines is 1. The second-order valence-electron chi connectivity index (χ2n) is 5.55. The number of rotatable bonds is 5. The van der Waals surface area contributed by atoms with Crippen molar-refractivity contribution >= 4 is 17.7 Å². The van der Waals surface area contributed by atoms with E-state index in [2.05, 4.69) is 5.32 Å². The fourth-order valence-corrected chi connectivity index (χ4v) is 1.90. The fourth-order valence-electron chi connectivity index (χ4n) is 1.90. The van der Waals surface area contributed by atoms with Gasteiger partial charge >= 0.3 is 12.0 Å². The average molecular weight is 278 g/mol. The number of carboxylic acid groups (broad SMARTS) is 1. The Morgan fingerprint density at radius 1 is 1.30 bits per heavy atom. The Morgan fingerprint density at radius 2 is 1.90 bits per heavy atom. The summed E-state index contributed by atoms with van der Waals surface area (Å²) in [5.41, 5.74) is 1.28. The Kier molecular flexibility index (Phi) is 5.13. The second kappa shape index (κ2) is 6.41. The molecule has 0 atom stereocenters. The summed E-state index contributed by atoms with van der Waals surface area (Å²) in [6, 6.07) is 7.37. The van der Waals surface area contributed by atoms with Crippen molar-refractivity contribution in [2.24, 2.45) is 0 Å². The van der Waals surface area contributed by atoms with Crippen molar-refractivity contribution in [1.29, 1.82) is 0 Å². The number of urea groups is 1. The van der Waals surface area contributed by atoms with Gasteiger partial charge in [-0.25, -0.2) is 4.79 Å². The van der Waals surface area contributed by atoms with Gasteiger partial charge in [-0.15, -0.1) is 0 Å². The van der Waals surface area contributed by atoms with E-state index < -0.39 is 11.5 Å². The van der Waals surface area contributed by atoms with Gasteiger partial charge in [-0.1, -0.05) is 18.2 Å². The summed E-state index contributed by atoms with van der Waals surface area (Å²) in [7, 11) is 1.70. The molecule has 0 saturated heterocycles. The minimum Gasteiger partial charge on any atom is -0.481 e. The highest BCUT2D eigenvalue weighted by atomic mass is 16.4. The number of hydrogen-bond acceptors (Lipinski definition) is 2. The summed E-state index contributed by atoms with van der Waals surface area (Å²) < 4.78 is 0. The van der Waals surface area contributed by atoms with Crippen LogP contribution in [0.25, 0.3) is 0 Å². The number of carboxylic acids is 1. The molecule has 0 aliphatic heterocycles. The number of amides is 2. The minimum absolute atomic E-state index is 0.0291. The number of nitrogens with one attached hydrogen (secondary N) is 1. The monoisotopic (exact) mass is 278 g/mol. The van der Waals surface area contributed by atoms with Crippen molar-refractivity contribution < 1.29 is 14.7 Å². The first kappa shape index (κ1) is 16.0. The maximum absolute atomic E-state index is 12.2. The van der Waals surface area contributed by atoms with Crippen LogP contribution in [0.5, 0.6) is 0 Å². The average Bonchev–Trinajstić information content (AvgIpc) is 2.36. The van der Waals surface area contributed by atoms with E-state index in [9.17, 15) is 9.59 Å². The lowest BCUT2D eigenvalue weighted by atomic mass is 9.99. The van der Waals surface area contributed by atoms with Crippen LogP contribution in [-0.2, 0) is 4.79 Å². The number of hydrogen-bond donors (Lipinski definition) is 2. The number of para-hydroxylation sites is 1. The third-order valence-corrected chi connectivity index (χ3v) is 3.19. The van der Waals surface area contributed by atoms with Crippen molar-refractivity contribution in [3.05, 3.63) is 29.8 Å². The van der Waals surface area contributed by atoms with Crippen LogP contribution in [-0.4, -0.2) is 29.7 Å². The van der Waals surface area contributed by atoms with Gasteiger partial charge in [0.1, 0.15) is 0 Å². The summed E-state index contributed by atoms with van der Waals surface area (Å²) in [6.45, 7) is 5.58. The van der Waals surface area contributed by atoms with Gasteiger partial charge in [-0.3, -0.25) is 9.69 Å². The van der Waals surface area contributed by atoms with E-state index in [1.165, 1.54) is 4.90 Å². The van der Waals surface area contributed by atoms with Crippen LogP contribution in [0.15, 0.2) is 24.3 Å². The highest BCUT2D eigenvalue weighted by Crippen LogP contribution is 2.19. The van der Waals surface area contributed by atoms with Gasteiger partial charge in [0.05, 0.1) is 0 Å². The van der Waals surface area contributed by atoms with Gasteiger partial charge < -0.3 is 10.4 Å². The molecule has 0 aliphatic rings. The second-order valence-corrected chi connectivity index (χ2v) is 5.55. The smallest absolute Gasteiger partial charge is 0.322 e. The molecule has 2 N–H and O–H groups in total. The predicted molar refractivity (Wildman–Crippen MR) is 79.1 cm³/mol. The Labute approximate surface area is 119 Å². The summed E-state index contributed by atoms with van der Waals surface area (Å²) in [6.07, 6.45) is 0.414. The van der Waals surface area contributed by atoms with Gasteiger partial charge in [0.2, 0.25) is 0 Å². The molecule has 2 amide bonds. The number of benzene rings is 1. The van der Waals surface area contributed by atoms with Crippen LogP contribution in [0.1, 0.15) is 32.3 Å². The lowest BCUT2D eigenvalue weighted by Crippen LogP contribution is -2.49. The molecule has 0 radical (unpaired) electrons. The van der Waals surface area contributed by atoms with Crippen molar-refractivity contribution in [1.82, 2.24) is 5.32 Å². The molecule has 0 aromatic heterocycles. The maximum atomic E-state index is 12.2. The molecule has 5 nitrogen and oxygen atoms in total. The molecule has 1 rings (SSSR count). The molecule has 1 aromatic rings. The van der Waals surface area contributed by atoms with Crippen LogP contribution in [0.4, 0.5) is 10.5 Å². The Balaban J connectivity index is 2.71. The molecule has 0 aliphatic carbocycles. The molecular formula is C15H22N2O3. The molecule has 0 bridgehead atoms. The lowest BCUT2D eigenvalue weighted by Gasteiger charge is -2.29. The molecule has 0 fully saturated rings. The molecule has 0 heterocycles. The zero-order valence-corrected chi connectivity index (χ0v) is 12.4. The zero-order chi connectivity index (χ0) is 15.3. The zero-order valence-electron chi connectivity index (χ0n) is 12.4. The first-order valence-corrected chi connectivity index (χ1v) is 6.56. The van der Waals surface area contributed by atoms with Crippen LogP contribution in [0, 0.1) is 6.92 Å². The predicted octanol–water partition coefficient (Wildman–Crippen LogP) is 2.78. The largest absolute Gasteiger partial charge is 0.481 e. The first-order chi connectivity index (χ1) is 9.23. The quantitative estimate of drug-likeness (QED) is 0.870. The van der Waals surface area contributed by atoms with Gasteiger partial charge in [0, 0.05) is 24.7 Å². The lowest BCUT2D eigenvalue weighted by molar-refractivity contribution is -0.137. The van der Waals surface area contributed by atoms with E-state index in [0.717, 1.165) is 11.3 Å². The molecule has 0 saturated carbocycles. The standard InChI is InChI=1S/C15H22N2O3/c1-11-7-5-6-8-12(11)17(4)14(20)16-15(2,3)10-9-13(18)19/h5-8H,9-10H2,1-4H3,(H,16,20)(H,18,19). The van der Waals surface area contributed by atoms with E-state index in [-0.39, 0.29) is 12.5 Å². The van der Waals surface area contributed by atoms with E-state index in [1.54, 1.807) is 7.05 Å². The number of carbonyl (C=O) groups excluding carboxylic acids is 1. The molecule has 0 unspecified atom stereocenters. The van der Waals surface area contributed by atoms with Crippen molar-refractivity contribution in [2.45, 2.75) is 39.2 Å². The molecule has 0 spiro atoms. The third-order valence-electron chi connectivity index (χ3n) is 3.19. The highest BCUT2D eigenvalue weighted by molar-refractivity contribution is 5.92. The van der Waals surface area contributed by atoms with E-state index >= 15 is 0 Å². The topological polar surface area (TPSA) is 69.6 Å². The number of nitrogens with zero attached hydrogens (tertiary/aromatic N) is 1. The molecule has 110 valence electrons. The third kappa shape index (κ3) is 4.57. The number of aliphatic carboxylic acids is 1. The van der Waals surface area contributed by atoms with Gasteiger partial charge in [-0.05, 0) is 38.8 Å². The summed E-state index contributed by atoms with van der Waals surface area (Å²) in [5, 5.41) is 11.6. The van der Waals surface area contributed by atoms with Crippen molar-refractivity contribution in [3.63, 3.8) is 0 Å². The fraction of sp³-hybridized carbons (Fsp3) is 0.467. The maximum Gasteiger partial charge on any atom is 0.322 e.